The van der Waals surface area contributed by atoms with Gasteiger partial charge in [0.2, 0.25) is 0 Å². The molecular formula is C14H17ClO3. The highest BCUT2D eigenvalue weighted by molar-refractivity contribution is 6.31. The van der Waals surface area contributed by atoms with Gasteiger partial charge in [-0.15, -0.1) is 0 Å². The second-order valence-corrected chi connectivity index (χ2v) is 5.28. The van der Waals surface area contributed by atoms with E-state index in [0.29, 0.717) is 10.6 Å². The van der Waals surface area contributed by atoms with Crippen LogP contribution < -0.4 is 0 Å². The van der Waals surface area contributed by atoms with Crippen LogP contribution in [0.2, 0.25) is 5.02 Å². The van der Waals surface area contributed by atoms with Crippen LogP contribution in [0.4, 0.5) is 0 Å². The summed E-state index contributed by atoms with van der Waals surface area (Å²) in [6.07, 6.45) is 2.99. The van der Waals surface area contributed by atoms with E-state index in [9.17, 15) is 4.79 Å². The van der Waals surface area contributed by atoms with Crippen molar-refractivity contribution in [3.8, 4) is 0 Å². The van der Waals surface area contributed by atoms with Crippen molar-refractivity contribution < 1.29 is 14.6 Å². The number of carbonyl (C=O) groups is 1. The van der Waals surface area contributed by atoms with Crippen molar-refractivity contribution in [2.45, 2.75) is 33.0 Å². The van der Waals surface area contributed by atoms with E-state index in [1.54, 1.807) is 24.3 Å². The average molecular weight is 269 g/mol. The molecule has 0 saturated carbocycles. The summed E-state index contributed by atoms with van der Waals surface area (Å²) in [5, 5.41) is 9.58. The van der Waals surface area contributed by atoms with Crippen molar-refractivity contribution in [2.75, 3.05) is 0 Å². The molecule has 0 unspecified atom stereocenters. The van der Waals surface area contributed by atoms with Gasteiger partial charge in [-0.1, -0.05) is 17.7 Å². The Labute approximate surface area is 112 Å². The summed E-state index contributed by atoms with van der Waals surface area (Å²) in [4.78, 5) is 11.5. The van der Waals surface area contributed by atoms with Gasteiger partial charge in [0.1, 0.15) is 5.60 Å². The van der Waals surface area contributed by atoms with E-state index in [2.05, 4.69) is 0 Å². The molecule has 0 heterocycles. The summed E-state index contributed by atoms with van der Waals surface area (Å²) in [5.74, 6) is -0.400. The Bertz CT molecular complexity index is 459. The second-order valence-electron chi connectivity index (χ2n) is 4.88. The molecule has 1 aromatic rings. The third-order valence-corrected chi connectivity index (χ3v) is 2.43. The highest BCUT2D eigenvalue weighted by Crippen LogP contribution is 2.18. The van der Waals surface area contributed by atoms with Crippen molar-refractivity contribution in [2.24, 2.45) is 0 Å². The van der Waals surface area contributed by atoms with Crippen LogP contribution in [0.25, 0.3) is 6.08 Å². The summed E-state index contributed by atoms with van der Waals surface area (Å²) < 4.78 is 5.14. The van der Waals surface area contributed by atoms with Crippen molar-refractivity contribution in [1.82, 2.24) is 0 Å². The van der Waals surface area contributed by atoms with E-state index in [1.165, 1.54) is 6.08 Å². The maximum atomic E-state index is 11.5. The number of hydrogen-bond acceptors (Lipinski definition) is 3. The minimum absolute atomic E-state index is 0.132. The number of hydrogen-bond donors (Lipinski definition) is 1. The number of esters is 1. The lowest BCUT2D eigenvalue weighted by molar-refractivity contribution is -0.148. The smallest absolute Gasteiger partial charge is 0.331 e. The first-order valence-corrected chi connectivity index (χ1v) is 6.00. The molecule has 3 nitrogen and oxygen atoms in total. The first kappa shape index (κ1) is 14.7. The van der Waals surface area contributed by atoms with E-state index < -0.39 is 11.6 Å². The van der Waals surface area contributed by atoms with Crippen molar-refractivity contribution in [3.05, 3.63) is 40.4 Å². The van der Waals surface area contributed by atoms with E-state index in [0.717, 1.165) is 5.56 Å². The molecular weight excluding hydrogens is 252 g/mol. The lowest BCUT2D eigenvalue weighted by Crippen LogP contribution is -2.22. The Hall–Kier alpha value is -1.32. The summed E-state index contributed by atoms with van der Waals surface area (Å²) in [6.45, 7) is 5.30. The predicted molar refractivity (Wildman–Crippen MR) is 72.3 cm³/mol. The van der Waals surface area contributed by atoms with Crippen LogP contribution in [0.5, 0.6) is 0 Å². The highest BCUT2D eigenvalue weighted by Gasteiger charge is 2.13. The van der Waals surface area contributed by atoms with E-state index in [4.69, 9.17) is 21.4 Å². The number of aliphatic hydroxyl groups is 1. The van der Waals surface area contributed by atoms with Gasteiger partial charge in [-0.2, -0.15) is 0 Å². The molecule has 18 heavy (non-hydrogen) atoms. The molecule has 1 rings (SSSR count). The summed E-state index contributed by atoms with van der Waals surface area (Å²) in [7, 11) is 0. The molecule has 0 radical (unpaired) electrons. The lowest BCUT2D eigenvalue weighted by Gasteiger charge is -2.17. The van der Waals surface area contributed by atoms with Crippen LogP contribution in [0, 0.1) is 0 Å². The van der Waals surface area contributed by atoms with Crippen molar-refractivity contribution >= 4 is 23.6 Å². The van der Waals surface area contributed by atoms with Crippen LogP contribution in [-0.4, -0.2) is 16.7 Å². The average Bonchev–Trinajstić information content (AvgIpc) is 2.25. The zero-order chi connectivity index (χ0) is 13.8. The van der Waals surface area contributed by atoms with E-state index >= 15 is 0 Å². The fraction of sp³-hybridized carbons (Fsp3) is 0.357. The molecule has 0 fully saturated rings. The van der Waals surface area contributed by atoms with Crippen molar-refractivity contribution in [1.29, 1.82) is 0 Å². The topological polar surface area (TPSA) is 46.5 Å². The normalized spacial score (nSPS) is 11.8. The van der Waals surface area contributed by atoms with E-state index in [-0.39, 0.29) is 6.61 Å². The largest absolute Gasteiger partial charge is 0.457 e. The summed E-state index contributed by atoms with van der Waals surface area (Å²) in [5.41, 5.74) is 0.912. The Kier molecular flexibility index (Phi) is 4.93. The molecule has 0 spiro atoms. The predicted octanol–water partition coefficient (Wildman–Crippen LogP) is 3.19. The third-order valence-electron chi connectivity index (χ3n) is 2.06. The fourth-order valence-electron chi connectivity index (χ4n) is 1.32. The fourth-order valence-corrected chi connectivity index (χ4v) is 1.50. The minimum Gasteiger partial charge on any atom is -0.457 e. The molecule has 0 aliphatic carbocycles. The number of ether oxygens (including phenoxy) is 1. The second kappa shape index (κ2) is 6.03. The molecule has 0 aliphatic rings. The number of halogens is 1. The number of rotatable bonds is 3. The number of carbonyl (C=O) groups excluding carboxylic acids is 1. The van der Waals surface area contributed by atoms with Crippen LogP contribution in [0.15, 0.2) is 24.3 Å². The summed E-state index contributed by atoms with van der Waals surface area (Å²) >= 11 is 5.87. The molecule has 98 valence electrons. The van der Waals surface area contributed by atoms with Gasteiger partial charge in [-0.25, -0.2) is 4.79 Å². The monoisotopic (exact) mass is 268 g/mol. The SMILES string of the molecule is CC(C)(C)OC(=O)C=Cc1ccc(Cl)c(CO)c1. The van der Waals surface area contributed by atoms with E-state index in [1.807, 2.05) is 20.8 Å². The van der Waals surface area contributed by atoms with Crippen molar-refractivity contribution in [3.63, 3.8) is 0 Å². The maximum Gasteiger partial charge on any atom is 0.331 e. The minimum atomic E-state index is -0.502. The molecule has 0 atom stereocenters. The number of benzene rings is 1. The maximum absolute atomic E-state index is 11.5. The molecule has 1 N–H and O–H groups in total. The van der Waals surface area contributed by atoms with Crippen LogP contribution >= 0.6 is 11.6 Å². The van der Waals surface area contributed by atoms with Gasteiger partial charge in [0.25, 0.3) is 0 Å². The quantitative estimate of drug-likeness (QED) is 0.676. The van der Waals surface area contributed by atoms with Gasteiger partial charge in [-0.05, 0) is 50.1 Å². The van der Waals surface area contributed by atoms with Crippen LogP contribution in [-0.2, 0) is 16.1 Å². The Balaban J connectivity index is 2.76. The number of aliphatic hydroxyl groups excluding tert-OH is 1. The molecule has 0 saturated heterocycles. The van der Waals surface area contributed by atoms with Gasteiger partial charge in [0, 0.05) is 11.1 Å². The van der Waals surface area contributed by atoms with Gasteiger partial charge in [-0.3, -0.25) is 0 Å². The first-order chi connectivity index (χ1) is 8.31. The zero-order valence-electron chi connectivity index (χ0n) is 10.7. The lowest BCUT2D eigenvalue weighted by atomic mass is 10.1. The van der Waals surface area contributed by atoms with Crippen LogP contribution in [0.1, 0.15) is 31.9 Å². The Morgan fingerprint density at radius 1 is 1.44 bits per heavy atom. The molecule has 0 amide bonds. The third kappa shape index (κ3) is 4.90. The van der Waals surface area contributed by atoms with Gasteiger partial charge in [0.15, 0.2) is 0 Å². The Morgan fingerprint density at radius 2 is 2.11 bits per heavy atom. The standard InChI is InChI=1S/C14H17ClO3/c1-14(2,3)18-13(17)7-5-10-4-6-12(15)11(8-10)9-16/h4-8,16H,9H2,1-3H3. The molecule has 0 bridgehead atoms. The van der Waals surface area contributed by atoms with Crippen LogP contribution in [0.3, 0.4) is 0 Å². The molecule has 1 aromatic carbocycles. The zero-order valence-corrected chi connectivity index (χ0v) is 11.5. The first-order valence-electron chi connectivity index (χ1n) is 5.62. The van der Waals surface area contributed by atoms with Gasteiger partial charge < -0.3 is 9.84 Å². The van der Waals surface area contributed by atoms with Gasteiger partial charge >= 0.3 is 5.97 Å². The Morgan fingerprint density at radius 3 is 2.67 bits per heavy atom. The molecule has 4 heteroatoms. The molecule has 0 aliphatic heterocycles. The molecule has 0 aromatic heterocycles. The highest BCUT2D eigenvalue weighted by atomic mass is 35.5. The van der Waals surface area contributed by atoms with Gasteiger partial charge in [0.05, 0.1) is 6.61 Å². The summed E-state index contributed by atoms with van der Waals surface area (Å²) in [6, 6.07) is 5.17.